The Kier molecular flexibility index (Phi) is 5.47. The number of piperazine rings is 1. The number of Topliss-reactive ketones (excluding diaryl/α,β-unsaturated/α-hetero) is 1. The number of primary amides is 1. The number of nitrogens with zero attached hydrogens (tertiary/aromatic N) is 2. The van der Waals surface area contributed by atoms with Crippen LogP contribution < -0.4 is 5.73 Å². The van der Waals surface area contributed by atoms with Gasteiger partial charge in [-0.15, -0.1) is 0 Å². The fraction of sp³-hybridized carbons (Fsp3) is 0.500. The lowest BCUT2D eigenvalue weighted by Gasteiger charge is -2.36. The Labute approximate surface area is 125 Å². The zero-order chi connectivity index (χ0) is 15.2. The number of ketones is 1. The van der Waals surface area contributed by atoms with E-state index in [0.29, 0.717) is 6.42 Å². The van der Waals surface area contributed by atoms with Crippen molar-refractivity contribution in [1.82, 2.24) is 9.80 Å². The predicted octanol–water partition coefficient (Wildman–Crippen LogP) is 0.751. The monoisotopic (exact) mass is 289 g/mol. The second kappa shape index (κ2) is 7.33. The van der Waals surface area contributed by atoms with Gasteiger partial charge < -0.3 is 10.6 Å². The van der Waals surface area contributed by atoms with Crippen molar-refractivity contribution in [2.75, 3.05) is 32.7 Å². The number of amides is 1. The number of hydrogen-bond donors (Lipinski definition) is 1. The van der Waals surface area contributed by atoms with E-state index in [1.807, 2.05) is 37.3 Å². The molecule has 5 nitrogen and oxygen atoms in total. The zero-order valence-corrected chi connectivity index (χ0v) is 12.5. The van der Waals surface area contributed by atoms with E-state index < -0.39 is 0 Å². The summed E-state index contributed by atoms with van der Waals surface area (Å²) in [5.74, 6) is -0.0914. The lowest BCUT2D eigenvalue weighted by Crippen LogP contribution is -2.53. The molecule has 5 heteroatoms. The molecule has 0 aromatic heterocycles. The van der Waals surface area contributed by atoms with Crippen LogP contribution in [0.25, 0.3) is 0 Å². The minimum Gasteiger partial charge on any atom is -0.368 e. The first-order chi connectivity index (χ1) is 10.1. The van der Waals surface area contributed by atoms with Gasteiger partial charge in [0.25, 0.3) is 0 Å². The highest BCUT2D eigenvalue weighted by molar-refractivity contribution is 5.96. The molecule has 1 heterocycles. The van der Waals surface area contributed by atoms with Gasteiger partial charge in [-0.05, 0) is 6.92 Å². The fourth-order valence-electron chi connectivity index (χ4n) is 2.58. The third kappa shape index (κ3) is 4.37. The molecule has 1 saturated heterocycles. The first-order valence-electron chi connectivity index (χ1n) is 7.42. The number of carbonyl (C=O) groups is 2. The SMILES string of the molecule is C[C@H](C(N)=O)N1CCN(CCC(=O)c2ccccc2)CC1. The summed E-state index contributed by atoms with van der Waals surface area (Å²) in [6.07, 6.45) is 0.537. The molecule has 0 radical (unpaired) electrons. The highest BCUT2D eigenvalue weighted by Gasteiger charge is 2.24. The highest BCUT2D eigenvalue weighted by atomic mass is 16.1. The number of rotatable bonds is 6. The maximum Gasteiger partial charge on any atom is 0.234 e. The molecule has 1 aromatic rings. The molecule has 1 aliphatic heterocycles. The molecule has 1 amide bonds. The molecular weight excluding hydrogens is 266 g/mol. The van der Waals surface area contributed by atoms with Crippen molar-refractivity contribution in [2.45, 2.75) is 19.4 Å². The van der Waals surface area contributed by atoms with Crippen molar-refractivity contribution in [1.29, 1.82) is 0 Å². The number of nitrogens with two attached hydrogens (primary N) is 1. The van der Waals surface area contributed by atoms with E-state index in [1.165, 1.54) is 0 Å². The summed E-state index contributed by atoms with van der Waals surface area (Å²) in [4.78, 5) is 27.6. The molecule has 1 atom stereocenters. The van der Waals surface area contributed by atoms with Crippen LogP contribution in [0.15, 0.2) is 30.3 Å². The summed E-state index contributed by atoms with van der Waals surface area (Å²) in [5, 5.41) is 0. The third-order valence-electron chi connectivity index (χ3n) is 4.12. The predicted molar refractivity (Wildman–Crippen MR) is 82.1 cm³/mol. The lowest BCUT2D eigenvalue weighted by atomic mass is 10.1. The lowest BCUT2D eigenvalue weighted by molar-refractivity contribution is -0.123. The van der Waals surface area contributed by atoms with Crippen LogP contribution in [-0.2, 0) is 4.79 Å². The molecule has 2 N–H and O–H groups in total. The van der Waals surface area contributed by atoms with Crippen LogP contribution in [0.1, 0.15) is 23.7 Å². The van der Waals surface area contributed by atoms with E-state index >= 15 is 0 Å². The van der Waals surface area contributed by atoms with Crippen LogP contribution in [-0.4, -0.2) is 60.3 Å². The average molecular weight is 289 g/mol. The molecule has 1 aromatic carbocycles. The Bertz CT molecular complexity index is 482. The molecule has 0 saturated carbocycles. The van der Waals surface area contributed by atoms with E-state index in [4.69, 9.17) is 5.73 Å². The Hall–Kier alpha value is -1.72. The normalized spacial score (nSPS) is 18.3. The largest absolute Gasteiger partial charge is 0.368 e. The van der Waals surface area contributed by atoms with Crippen molar-refractivity contribution in [2.24, 2.45) is 5.73 Å². The van der Waals surface area contributed by atoms with Crippen LogP contribution in [0.3, 0.4) is 0 Å². The van der Waals surface area contributed by atoms with Gasteiger partial charge in [0.1, 0.15) is 0 Å². The van der Waals surface area contributed by atoms with Gasteiger partial charge in [0.05, 0.1) is 6.04 Å². The smallest absolute Gasteiger partial charge is 0.234 e. The molecule has 21 heavy (non-hydrogen) atoms. The van der Waals surface area contributed by atoms with Crippen molar-refractivity contribution < 1.29 is 9.59 Å². The highest BCUT2D eigenvalue weighted by Crippen LogP contribution is 2.08. The van der Waals surface area contributed by atoms with E-state index in [2.05, 4.69) is 9.80 Å². The molecular formula is C16H23N3O2. The van der Waals surface area contributed by atoms with E-state index in [9.17, 15) is 9.59 Å². The van der Waals surface area contributed by atoms with Gasteiger partial charge in [0, 0.05) is 44.7 Å². The topological polar surface area (TPSA) is 66.6 Å². The summed E-state index contributed by atoms with van der Waals surface area (Å²) in [6, 6.07) is 9.19. The van der Waals surface area contributed by atoms with Crippen molar-refractivity contribution in [3.8, 4) is 0 Å². The van der Waals surface area contributed by atoms with E-state index in [1.54, 1.807) is 0 Å². The summed E-state index contributed by atoms with van der Waals surface area (Å²) >= 11 is 0. The number of hydrogen-bond acceptors (Lipinski definition) is 4. The molecule has 0 spiro atoms. The fourth-order valence-corrected chi connectivity index (χ4v) is 2.58. The molecule has 0 bridgehead atoms. The minimum absolute atomic E-state index is 0.184. The van der Waals surface area contributed by atoms with Crippen molar-refractivity contribution in [3.63, 3.8) is 0 Å². The molecule has 1 aliphatic rings. The first-order valence-corrected chi connectivity index (χ1v) is 7.42. The first kappa shape index (κ1) is 15.7. The quantitative estimate of drug-likeness (QED) is 0.785. The Balaban J connectivity index is 1.74. The Morgan fingerprint density at radius 3 is 2.33 bits per heavy atom. The maximum atomic E-state index is 12.1. The summed E-state index contributed by atoms with van der Waals surface area (Å²) in [6.45, 7) is 6.01. The second-order valence-corrected chi connectivity index (χ2v) is 5.50. The summed E-state index contributed by atoms with van der Waals surface area (Å²) < 4.78 is 0. The standard InChI is InChI=1S/C16H23N3O2/c1-13(16(17)21)19-11-9-18(10-12-19)8-7-15(20)14-5-3-2-4-6-14/h2-6,13H,7-12H2,1H3,(H2,17,21)/t13-/m1/s1. The maximum absolute atomic E-state index is 12.1. The van der Waals surface area contributed by atoms with Crippen molar-refractivity contribution >= 4 is 11.7 Å². The van der Waals surface area contributed by atoms with Crippen LogP contribution in [0.5, 0.6) is 0 Å². The van der Waals surface area contributed by atoms with Gasteiger partial charge in [-0.1, -0.05) is 30.3 Å². The third-order valence-corrected chi connectivity index (χ3v) is 4.12. The second-order valence-electron chi connectivity index (χ2n) is 5.50. The zero-order valence-electron chi connectivity index (χ0n) is 12.5. The molecule has 0 unspecified atom stereocenters. The van der Waals surface area contributed by atoms with Crippen LogP contribution >= 0.6 is 0 Å². The Morgan fingerprint density at radius 1 is 1.14 bits per heavy atom. The average Bonchev–Trinajstić information content (AvgIpc) is 2.53. The van der Waals surface area contributed by atoms with Crippen molar-refractivity contribution in [3.05, 3.63) is 35.9 Å². The molecule has 0 aliphatic carbocycles. The molecule has 1 fully saturated rings. The van der Waals surface area contributed by atoms with Gasteiger partial charge in [-0.2, -0.15) is 0 Å². The van der Waals surface area contributed by atoms with E-state index in [-0.39, 0.29) is 17.7 Å². The van der Waals surface area contributed by atoms with Gasteiger partial charge in [-0.25, -0.2) is 0 Å². The van der Waals surface area contributed by atoms with Gasteiger partial charge >= 0.3 is 0 Å². The van der Waals surface area contributed by atoms with Gasteiger partial charge in [-0.3, -0.25) is 14.5 Å². The van der Waals surface area contributed by atoms with Crippen LogP contribution in [0, 0.1) is 0 Å². The summed E-state index contributed by atoms with van der Waals surface area (Å²) in [5.41, 5.74) is 6.10. The van der Waals surface area contributed by atoms with Gasteiger partial charge in [0.2, 0.25) is 5.91 Å². The molecule has 2 rings (SSSR count). The van der Waals surface area contributed by atoms with Gasteiger partial charge in [0.15, 0.2) is 5.78 Å². The number of carbonyl (C=O) groups excluding carboxylic acids is 2. The number of benzene rings is 1. The Morgan fingerprint density at radius 2 is 1.76 bits per heavy atom. The summed E-state index contributed by atoms with van der Waals surface area (Å²) in [7, 11) is 0. The van der Waals surface area contributed by atoms with Crippen LogP contribution in [0.4, 0.5) is 0 Å². The molecule has 114 valence electrons. The minimum atomic E-state index is -0.275. The van der Waals surface area contributed by atoms with Crippen LogP contribution in [0.2, 0.25) is 0 Å². The van der Waals surface area contributed by atoms with E-state index in [0.717, 1.165) is 38.3 Å².